The molecular weight excluding hydrogens is 362 g/mol. The van der Waals surface area contributed by atoms with Crippen molar-refractivity contribution in [3.8, 4) is 5.75 Å². The normalized spacial score (nSPS) is 18.5. The van der Waals surface area contributed by atoms with E-state index in [-0.39, 0.29) is 19.1 Å². The van der Waals surface area contributed by atoms with Gasteiger partial charge in [0.15, 0.2) is 0 Å². The Balaban J connectivity index is 1.82. The summed E-state index contributed by atoms with van der Waals surface area (Å²) < 4.78 is 10.6. The molecule has 2 N–H and O–H groups in total. The number of carbonyl (C=O) groups is 3. The third kappa shape index (κ3) is 4.11. The van der Waals surface area contributed by atoms with Gasteiger partial charge in [-0.2, -0.15) is 0 Å². The highest BCUT2D eigenvalue weighted by Crippen LogP contribution is 2.35. The summed E-state index contributed by atoms with van der Waals surface area (Å²) in [4.78, 5) is 38.4. The van der Waals surface area contributed by atoms with Crippen LogP contribution in [0.5, 0.6) is 5.75 Å². The first-order valence-electron chi connectivity index (χ1n) is 9.52. The molecule has 0 aliphatic carbocycles. The molecule has 0 fully saturated rings. The van der Waals surface area contributed by atoms with Crippen LogP contribution < -0.4 is 15.4 Å². The molecule has 150 valence electrons. The lowest BCUT2D eigenvalue weighted by atomic mass is 9.95. The summed E-state index contributed by atoms with van der Waals surface area (Å²) in [7, 11) is 0. The van der Waals surface area contributed by atoms with E-state index in [0.717, 1.165) is 18.4 Å². The van der Waals surface area contributed by atoms with Gasteiger partial charge in [0.05, 0.1) is 23.9 Å². The number of urea groups is 1. The summed E-state index contributed by atoms with van der Waals surface area (Å²) in [5.74, 6) is -0.0402. The Hall–Kier alpha value is -3.03. The van der Waals surface area contributed by atoms with Crippen molar-refractivity contribution in [1.29, 1.82) is 0 Å². The van der Waals surface area contributed by atoms with Crippen molar-refractivity contribution in [2.24, 2.45) is 0 Å². The average Bonchev–Trinajstić information content (AvgIpc) is 3.07. The third-order valence-electron chi connectivity index (χ3n) is 4.68. The second-order valence-corrected chi connectivity index (χ2v) is 6.61. The van der Waals surface area contributed by atoms with Crippen LogP contribution in [0.2, 0.25) is 0 Å². The van der Waals surface area contributed by atoms with Gasteiger partial charge < -0.3 is 20.1 Å². The zero-order valence-corrected chi connectivity index (χ0v) is 16.1. The number of hydrogen-bond donors (Lipinski definition) is 2. The number of ether oxygens (including phenoxy) is 2. The van der Waals surface area contributed by atoms with E-state index in [1.165, 1.54) is 4.90 Å². The molecular formula is C20H25N3O5. The van der Waals surface area contributed by atoms with Crippen LogP contribution in [0.25, 0.3) is 0 Å². The zero-order chi connectivity index (χ0) is 20.1. The number of esters is 1. The number of unbranched alkanes of at least 4 members (excludes halogenated alkanes) is 1. The van der Waals surface area contributed by atoms with E-state index in [1.54, 1.807) is 24.3 Å². The smallest absolute Gasteiger partial charge is 0.338 e. The molecule has 0 spiro atoms. The lowest BCUT2D eigenvalue weighted by molar-refractivity contribution is -0.136. The zero-order valence-electron chi connectivity index (χ0n) is 16.1. The number of nitrogens with zero attached hydrogens (tertiary/aromatic N) is 1. The second kappa shape index (κ2) is 8.77. The molecule has 0 saturated heterocycles. The molecule has 0 aromatic heterocycles. The van der Waals surface area contributed by atoms with E-state index in [0.29, 0.717) is 30.2 Å². The van der Waals surface area contributed by atoms with Gasteiger partial charge in [0, 0.05) is 6.54 Å². The first-order chi connectivity index (χ1) is 13.5. The van der Waals surface area contributed by atoms with E-state index in [9.17, 15) is 14.4 Å². The Labute approximate surface area is 163 Å². The Morgan fingerprint density at radius 1 is 1.29 bits per heavy atom. The summed E-state index contributed by atoms with van der Waals surface area (Å²) in [5, 5.41) is 5.60. The molecule has 0 bridgehead atoms. The molecule has 1 unspecified atom stereocenters. The van der Waals surface area contributed by atoms with Crippen molar-refractivity contribution < 1.29 is 23.9 Å². The minimum Gasteiger partial charge on any atom is -0.494 e. The fourth-order valence-electron chi connectivity index (χ4n) is 3.26. The van der Waals surface area contributed by atoms with E-state index in [1.807, 2.05) is 13.8 Å². The van der Waals surface area contributed by atoms with Crippen LogP contribution in [-0.4, -0.2) is 49.1 Å². The van der Waals surface area contributed by atoms with Gasteiger partial charge in [-0.3, -0.25) is 9.69 Å². The predicted octanol–water partition coefficient (Wildman–Crippen LogP) is 1.88. The van der Waals surface area contributed by atoms with Crippen LogP contribution in [-0.2, 0) is 14.3 Å². The summed E-state index contributed by atoms with van der Waals surface area (Å²) in [6, 6.07) is 6.14. The van der Waals surface area contributed by atoms with Crippen LogP contribution in [0.15, 0.2) is 35.5 Å². The van der Waals surface area contributed by atoms with Crippen LogP contribution >= 0.6 is 0 Å². The first kappa shape index (κ1) is 19.7. The van der Waals surface area contributed by atoms with Crippen LogP contribution in [0.3, 0.4) is 0 Å². The van der Waals surface area contributed by atoms with Crippen molar-refractivity contribution in [3.63, 3.8) is 0 Å². The van der Waals surface area contributed by atoms with Crippen molar-refractivity contribution >= 4 is 17.9 Å². The lowest BCUT2D eigenvalue weighted by Gasteiger charge is -2.32. The standard InChI is InChI=1S/C20H25N3O5/c1-3-5-10-21-16(24)11-23-15-12-28-19(25)17(15)18(22-20(23)26)13-6-8-14(9-7-13)27-4-2/h6-9,18H,3-5,10-12H2,1-2H3,(H,21,24)(H,22,26). The molecule has 0 radical (unpaired) electrons. The third-order valence-corrected chi connectivity index (χ3v) is 4.68. The molecule has 0 saturated carbocycles. The number of carbonyl (C=O) groups excluding carboxylic acids is 3. The SMILES string of the molecule is CCCCNC(=O)CN1C(=O)NC(c2ccc(OCC)cc2)C2=C1COC2=O. The largest absolute Gasteiger partial charge is 0.494 e. The van der Waals surface area contributed by atoms with Gasteiger partial charge in [-0.25, -0.2) is 9.59 Å². The number of nitrogens with one attached hydrogen (secondary N) is 2. The van der Waals surface area contributed by atoms with E-state index in [2.05, 4.69) is 10.6 Å². The lowest BCUT2D eigenvalue weighted by Crippen LogP contribution is -2.50. The summed E-state index contributed by atoms with van der Waals surface area (Å²) in [5.41, 5.74) is 1.55. The highest BCUT2D eigenvalue weighted by molar-refractivity contribution is 5.98. The van der Waals surface area contributed by atoms with E-state index in [4.69, 9.17) is 9.47 Å². The summed E-state index contributed by atoms with van der Waals surface area (Å²) in [6.07, 6.45) is 1.83. The molecule has 1 aromatic rings. The minimum absolute atomic E-state index is 0.0165. The van der Waals surface area contributed by atoms with Crippen molar-refractivity contribution in [1.82, 2.24) is 15.5 Å². The molecule has 1 atom stereocenters. The molecule has 2 aliphatic rings. The highest BCUT2D eigenvalue weighted by Gasteiger charge is 2.42. The van der Waals surface area contributed by atoms with E-state index < -0.39 is 18.0 Å². The minimum atomic E-state index is -0.618. The van der Waals surface area contributed by atoms with Crippen LogP contribution in [0.4, 0.5) is 4.79 Å². The molecule has 2 heterocycles. The van der Waals surface area contributed by atoms with Gasteiger partial charge >= 0.3 is 12.0 Å². The average molecular weight is 387 g/mol. The molecule has 28 heavy (non-hydrogen) atoms. The topological polar surface area (TPSA) is 97.0 Å². The molecule has 8 nitrogen and oxygen atoms in total. The van der Waals surface area contributed by atoms with Gasteiger partial charge in [0.25, 0.3) is 0 Å². The molecule has 3 amide bonds. The fraction of sp³-hybridized carbons (Fsp3) is 0.450. The molecule has 8 heteroatoms. The summed E-state index contributed by atoms with van der Waals surface area (Å²) >= 11 is 0. The van der Waals surface area contributed by atoms with Gasteiger partial charge in [-0.05, 0) is 31.0 Å². The maximum absolute atomic E-state index is 12.7. The number of amides is 3. The fourth-order valence-corrected chi connectivity index (χ4v) is 3.26. The monoisotopic (exact) mass is 387 g/mol. The van der Waals surface area contributed by atoms with Gasteiger partial charge in [-0.15, -0.1) is 0 Å². The quantitative estimate of drug-likeness (QED) is 0.524. The van der Waals surface area contributed by atoms with Crippen molar-refractivity contribution in [2.75, 3.05) is 26.3 Å². The van der Waals surface area contributed by atoms with Crippen LogP contribution in [0, 0.1) is 0 Å². The van der Waals surface area contributed by atoms with E-state index >= 15 is 0 Å². The molecule has 1 aromatic carbocycles. The second-order valence-electron chi connectivity index (χ2n) is 6.61. The number of hydrogen-bond acceptors (Lipinski definition) is 5. The highest BCUT2D eigenvalue weighted by atomic mass is 16.5. The van der Waals surface area contributed by atoms with Gasteiger partial charge in [-0.1, -0.05) is 25.5 Å². The number of cyclic esters (lactones) is 1. The Kier molecular flexibility index (Phi) is 6.18. The predicted molar refractivity (Wildman–Crippen MR) is 101 cm³/mol. The van der Waals surface area contributed by atoms with Crippen molar-refractivity contribution in [3.05, 3.63) is 41.1 Å². The summed E-state index contributed by atoms with van der Waals surface area (Å²) in [6.45, 7) is 4.87. The Bertz CT molecular complexity index is 788. The van der Waals surface area contributed by atoms with Crippen LogP contribution in [0.1, 0.15) is 38.3 Å². The molecule has 3 rings (SSSR count). The van der Waals surface area contributed by atoms with Gasteiger partial charge in [0.2, 0.25) is 5.91 Å². The first-order valence-corrected chi connectivity index (χ1v) is 9.52. The Morgan fingerprint density at radius 3 is 2.71 bits per heavy atom. The maximum Gasteiger partial charge on any atom is 0.338 e. The number of rotatable bonds is 8. The Morgan fingerprint density at radius 2 is 2.04 bits per heavy atom. The maximum atomic E-state index is 12.7. The van der Waals surface area contributed by atoms with Gasteiger partial charge in [0.1, 0.15) is 18.9 Å². The molecule has 2 aliphatic heterocycles. The number of benzene rings is 1. The van der Waals surface area contributed by atoms with Crippen molar-refractivity contribution in [2.45, 2.75) is 32.7 Å².